The molecule has 0 fully saturated rings. The van der Waals surface area contributed by atoms with Crippen LogP contribution in [-0.2, 0) is 0 Å². The fourth-order valence-corrected chi connectivity index (χ4v) is 1.88. The van der Waals surface area contributed by atoms with E-state index in [0.29, 0.717) is 29.5 Å². The van der Waals surface area contributed by atoms with Gasteiger partial charge in [0.15, 0.2) is 0 Å². The Balaban J connectivity index is 2.70. The molecule has 0 saturated heterocycles. The van der Waals surface area contributed by atoms with E-state index < -0.39 is 0 Å². The second kappa shape index (κ2) is 7.67. The molecule has 0 bridgehead atoms. The van der Waals surface area contributed by atoms with E-state index in [1.165, 1.54) is 0 Å². The molecule has 0 spiro atoms. The van der Waals surface area contributed by atoms with Crippen LogP contribution < -0.4 is 14.8 Å². The van der Waals surface area contributed by atoms with E-state index >= 15 is 0 Å². The number of carbonyl (C=O) groups excluding carboxylic acids is 1. The lowest BCUT2D eigenvalue weighted by Gasteiger charge is -2.13. The van der Waals surface area contributed by atoms with E-state index in [0.717, 1.165) is 12.8 Å². The number of rotatable bonds is 7. The second-order valence-corrected chi connectivity index (χ2v) is 4.83. The van der Waals surface area contributed by atoms with Crippen molar-refractivity contribution in [2.24, 2.45) is 5.92 Å². The monoisotopic (exact) mass is 265 g/mol. The summed E-state index contributed by atoms with van der Waals surface area (Å²) in [5, 5.41) is 2.90. The first-order chi connectivity index (χ1) is 9.10. The molecule has 1 aromatic rings. The maximum atomic E-state index is 12.2. The Hall–Kier alpha value is -1.71. The molecular formula is C15H23NO3. The van der Waals surface area contributed by atoms with Gasteiger partial charge in [-0.1, -0.05) is 19.9 Å². The smallest absolute Gasteiger partial charge is 0.258 e. The third kappa shape index (κ3) is 4.47. The molecule has 1 N–H and O–H groups in total. The van der Waals surface area contributed by atoms with Crippen LogP contribution in [0.3, 0.4) is 0 Å². The third-order valence-electron chi connectivity index (χ3n) is 2.90. The molecule has 0 aliphatic carbocycles. The molecule has 0 unspecified atom stereocenters. The van der Waals surface area contributed by atoms with Gasteiger partial charge >= 0.3 is 0 Å². The van der Waals surface area contributed by atoms with Gasteiger partial charge in [0.1, 0.15) is 17.1 Å². The van der Waals surface area contributed by atoms with Crippen molar-refractivity contribution in [1.82, 2.24) is 5.32 Å². The van der Waals surface area contributed by atoms with E-state index in [4.69, 9.17) is 9.47 Å². The topological polar surface area (TPSA) is 47.6 Å². The standard InChI is InChI=1S/C15H23NO3/c1-11(2)7-6-10-16-15(17)14-12(18-3)8-5-9-13(14)19-4/h5,8-9,11H,6-7,10H2,1-4H3,(H,16,17). The summed E-state index contributed by atoms with van der Waals surface area (Å²) in [5.41, 5.74) is 0.456. The minimum absolute atomic E-state index is 0.155. The number of hydrogen-bond acceptors (Lipinski definition) is 3. The number of methoxy groups -OCH3 is 2. The number of hydrogen-bond donors (Lipinski definition) is 1. The van der Waals surface area contributed by atoms with Gasteiger partial charge < -0.3 is 14.8 Å². The van der Waals surface area contributed by atoms with Crippen LogP contribution in [0.2, 0.25) is 0 Å². The van der Waals surface area contributed by atoms with Crippen molar-refractivity contribution in [1.29, 1.82) is 0 Å². The summed E-state index contributed by atoms with van der Waals surface area (Å²) >= 11 is 0. The average Bonchev–Trinajstić information content (AvgIpc) is 2.42. The summed E-state index contributed by atoms with van der Waals surface area (Å²) in [6.45, 7) is 5.01. The lowest BCUT2D eigenvalue weighted by atomic mass is 10.1. The summed E-state index contributed by atoms with van der Waals surface area (Å²) < 4.78 is 10.4. The predicted molar refractivity (Wildman–Crippen MR) is 76.0 cm³/mol. The molecular weight excluding hydrogens is 242 g/mol. The highest BCUT2D eigenvalue weighted by Crippen LogP contribution is 2.27. The van der Waals surface area contributed by atoms with Crippen molar-refractivity contribution < 1.29 is 14.3 Å². The number of benzene rings is 1. The van der Waals surface area contributed by atoms with E-state index in [2.05, 4.69) is 19.2 Å². The zero-order chi connectivity index (χ0) is 14.3. The average molecular weight is 265 g/mol. The normalized spacial score (nSPS) is 10.4. The third-order valence-corrected chi connectivity index (χ3v) is 2.90. The molecule has 0 heterocycles. The van der Waals surface area contributed by atoms with Crippen LogP contribution in [-0.4, -0.2) is 26.7 Å². The molecule has 0 aromatic heterocycles. The van der Waals surface area contributed by atoms with Crippen molar-refractivity contribution in [3.8, 4) is 11.5 Å². The van der Waals surface area contributed by atoms with Crippen molar-refractivity contribution in [3.63, 3.8) is 0 Å². The minimum Gasteiger partial charge on any atom is -0.496 e. The van der Waals surface area contributed by atoms with Gasteiger partial charge in [-0.05, 0) is 30.9 Å². The molecule has 0 radical (unpaired) electrons. The molecule has 0 saturated carbocycles. The first-order valence-electron chi connectivity index (χ1n) is 6.59. The summed E-state index contributed by atoms with van der Waals surface area (Å²) in [4.78, 5) is 12.2. The van der Waals surface area contributed by atoms with E-state index in [9.17, 15) is 4.79 Å². The molecule has 0 aliphatic rings. The van der Waals surface area contributed by atoms with Crippen molar-refractivity contribution in [3.05, 3.63) is 23.8 Å². The summed E-state index contributed by atoms with van der Waals surface area (Å²) in [5.74, 6) is 1.55. The SMILES string of the molecule is COc1cccc(OC)c1C(=O)NCCCC(C)C. The molecule has 4 nitrogen and oxygen atoms in total. The number of amides is 1. The van der Waals surface area contributed by atoms with Crippen LogP contribution >= 0.6 is 0 Å². The van der Waals surface area contributed by atoms with Crippen molar-refractivity contribution >= 4 is 5.91 Å². The Kier molecular flexibility index (Phi) is 6.19. The molecule has 106 valence electrons. The van der Waals surface area contributed by atoms with Crippen LogP contribution in [0.1, 0.15) is 37.0 Å². The Labute approximate surface area is 115 Å². The lowest BCUT2D eigenvalue weighted by molar-refractivity contribution is 0.0946. The first kappa shape index (κ1) is 15.3. The molecule has 0 atom stereocenters. The first-order valence-corrected chi connectivity index (χ1v) is 6.59. The fraction of sp³-hybridized carbons (Fsp3) is 0.533. The highest BCUT2D eigenvalue weighted by Gasteiger charge is 2.17. The molecule has 4 heteroatoms. The van der Waals surface area contributed by atoms with Gasteiger partial charge in [-0.2, -0.15) is 0 Å². The van der Waals surface area contributed by atoms with E-state index in [-0.39, 0.29) is 5.91 Å². The van der Waals surface area contributed by atoms with Crippen LogP contribution in [0.25, 0.3) is 0 Å². The molecule has 1 amide bonds. The molecule has 0 aliphatic heterocycles. The Morgan fingerprint density at radius 1 is 1.21 bits per heavy atom. The lowest BCUT2D eigenvalue weighted by Crippen LogP contribution is -2.25. The number of ether oxygens (including phenoxy) is 2. The van der Waals surface area contributed by atoms with E-state index in [1.807, 2.05) is 0 Å². The highest BCUT2D eigenvalue weighted by molar-refractivity contribution is 5.99. The van der Waals surface area contributed by atoms with E-state index in [1.54, 1.807) is 32.4 Å². The van der Waals surface area contributed by atoms with Crippen LogP contribution in [0.15, 0.2) is 18.2 Å². The number of carbonyl (C=O) groups is 1. The maximum absolute atomic E-state index is 12.2. The zero-order valence-electron chi connectivity index (χ0n) is 12.2. The quantitative estimate of drug-likeness (QED) is 0.771. The largest absolute Gasteiger partial charge is 0.496 e. The van der Waals surface area contributed by atoms with Crippen molar-refractivity contribution in [2.75, 3.05) is 20.8 Å². The maximum Gasteiger partial charge on any atom is 0.258 e. The van der Waals surface area contributed by atoms with Crippen LogP contribution in [0.5, 0.6) is 11.5 Å². The van der Waals surface area contributed by atoms with Gasteiger partial charge in [-0.3, -0.25) is 4.79 Å². The van der Waals surface area contributed by atoms with Crippen LogP contribution in [0, 0.1) is 5.92 Å². The molecule has 1 rings (SSSR count). The summed E-state index contributed by atoms with van der Waals surface area (Å²) in [7, 11) is 3.09. The zero-order valence-corrected chi connectivity index (χ0v) is 12.2. The Morgan fingerprint density at radius 2 is 1.79 bits per heavy atom. The van der Waals surface area contributed by atoms with Gasteiger partial charge in [0.05, 0.1) is 14.2 Å². The summed E-state index contributed by atoms with van der Waals surface area (Å²) in [6, 6.07) is 5.31. The predicted octanol–water partition coefficient (Wildman–Crippen LogP) is 2.87. The highest BCUT2D eigenvalue weighted by atomic mass is 16.5. The van der Waals surface area contributed by atoms with Gasteiger partial charge in [0.25, 0.3) is 5.91 Å². The Bertz CT molecular complexity index is 394. The molecule has 19 heavy (non-hydrogen) atoms. The second-order valence-electron chi connectivity index (χ2n) is 4.83. The van der Waals surface area contributed by atoms with Gasteiger partial charge in [-0.15, -0.1) is 0 Å². The van der Waals surface area contributed by atoms with Gasteiger partial charge in [0, 0.05) is 6.54 Å². The molecule has 1 aromatic carbocycles. The number of nitrogens with one attached hydrogen (secondary N) is 1. The minimum atomic E-state index is -0.155. The Morgan fingerprint density at radius 3 is 2.26 bits per heavy atom. The fourth-order valence-electron chi connectivity index (χ4n) is 1.88. The van der Waals surface area contributed by atoms with Crippen LogP contribution in [0.4, 0.5) is 0 Å². The van der Waals surface area contributed by atoms with Crippen molar-refractivity contribution in [2.45, 2.75) is 26.7 Å². The summed E-state index contributed by atoms with van der Waals surface area (Å²) in [6.07, 6.45) is 2.07. The van der Waals surface area contributed by atoms with Gasteiger partial charge in [0.2, 0.25) is 0 Å². The van der Waals surface area contributed by atoms with Gasteiger partial charge in [-0.25, -0.2) is 0 Å².